The first kappa shape index (κ1) is 23.3. The molecule has 1 aromatic heterocycles. The van der Waals surface area contributed by atoms with Gasteiger partial charge in [-0.3, -0.25) is 4.79 Å². The fraction of sp³-hybridized carbons (Fsp3) is 0.500. The summed E-state index contributed by atoms with van der Waals surface area (Å²) in [5.74, 6) is -0.305. The number of urea groups is 1. The van der Waals surface area contributed by atoms with Gasteiger partial charge in [0.05, 0.1) is 36.7 Å². The Bertz CT molecular complexity index is 1190. The first-order valence-corrected chi connectivity index (χ1v) is 11.8. The Balaban J connectivity index is 1.66. The summed E-state index contributed by atoms with van der Waals surface area (Å²) in [6.07, 6.45) is 1.01. The normalized spacial score (nSPS) is 22.5. The van der Waals surface area contributed by atoms with Crippen LogP contribution < -0.4 is 20.3 Å². The summed E-state index contributed by atoms with van der Waals surface area (Å²) in [6, 6.07) is 3.94. The van der Waals surface area contributed by atoms with Crippen LogP contribution in [0.15, 0.2) is 18.2 Å². The molecule has 186 valence electrons. The minimum Gasteiger partial charge on any atom is -0.469 e. The summed E-state index contributed by atoms with van der Waals surface area (Å²) in [6.45, 7) is 7.79. The minimum atomic E-state index is -0.681. The van der Waals surface area contributed by atoms with E-state index in [1.54, 1.807) is 11.0 Å². The zero-order valence-corrected chi connectivity index (χ0v) is 20.2. The number of carbonyl (C=O) groups excluding carboxylic acids is 2. The molecule has 2 aromatic rings. The number of anilines is 2. The van der Waals surface area contributed by atoms with Gasteiger partial charge < -0.3 is 29.9 Å². The molecule has 2 bridgehead atoms. The lowest BCUT2D eigenvalue weighted by atomic mass is 10.0. The van der Waals surface area contributed by atoms with E-state index in [0.29, 0.717) is 43.4 Å². The van der Waals surface area contributed by atoms with Crippen LogP contribution in [-0.4, -0.2) is 77.8 Å². The molecule has 1 aromatic carbocycles. The van der Waals surface area contributed by atoms with Gasteiger partial charge in [-0.05, 0) is 39.3 Å². The second-order valence-corrected chi connectivity index (χ2v) is 9.63. The number of benzene rings is 1. The summed E-state index contributed by atoms with van der Waals surface area (Å²) in [4.78, 5) is 38.5. The molecule has 2 saturated heterocycles. The molecule has 2 atom stereocenters. The van der Waals surface area contributed by atoms with E-state index in [9.17, 15) is 14.0 Å². The van der Waals surface area contributed by atoms with Crippen molar-refractivity contribution in [2.75, 3.05) is 43.5 Å². The lowest BCUT2D eigenvalue weighted by Crippen LogP contribution is -2.42. The minimum absolute atomic E-state index is 0.0152. The molecule has 0 saturated carbocycles. The molecule has 0 radical (unpaired) electrons. The van der Waals surface area contributed by atoms with Crippen molar-refractivity contribution >= 4 is 23.6 Å². The lowest BCUT2D eigenvalue weighted by molar-refractivity contribution is 0.0541. The number of amides is 3. The Kier molecular flexibility index (Phi) is 5.74. The van der Waals surface area contributed by atoms with Crippen molar-refractivity contribution in [3.8, 4) is 17.1 Å². The maximum Gasteiger partial charge on any atom is 0.319 e. The number of fused-ring (bicyclic) bond motifs is 3. The third kappa shape index (κ3) is 4.24. The number of ether oxygens (including phenoxy) is 2. The number of aromatic nitrogens is 2. The fourth-order valence-corrected chi connectivity index (χ4v) is 4.86. The van der Waals surface area contributed by atoms with Crippen LogP contribution in [0.25, 0.3) is 11.3 Å². The molecule has 11 heteroatoms. The van der Waals surface area contributed by atoms with Gasteiger partial charge in [-0.2, -0.15) is 4.98 Å². The molecule has 2 N–H and O–H groups in total. The van der Waals surface area contributed by atoms with Crippen molar-refractivity contribution < 1.29 is 23.5 Å². The van der Waals surface area contributed by atoms with Crippen LogP contribution in [-0.2, 0) is 4.74 Å². The summed E-state index contributed by atoms with van der Waals surface area (Å²) < 4.78 is 27.0. The van der Waals surface area contributed by atoms with E-state index in [1.165, 1.54) is 19.2 Å². The fourth-order valence-electron chi connectivity index (χ4n) is 4.86. The zero-order valence-electron chi connectivity index (χ0n) is 20.2. The number of hydrogen-bond donors (Lipinski definition) is 2. The van der Waals surface area contributed by atoms with Crippen molar-refractivity contribution in [3.63, 3.8) is 0 Å². The quantitative estimate of drug-likeness (QED) is 0.687. The van der Waals surface area contributed by atoms with Crippen LogP contribution in [0.2, 0.25) is 0 Å². The second kappa shape index (κ2) is 8.63. The highest BCUT2D eigenvalue weighted by atomic mass is 19.1. The number of rotatable bonds is 4. The zero-order chi connectivity index (χ0) is 24.9. The highest BCUT2D eigenvalue weighted by Crippen LogP contribution is 2.39. The van der Waals surface area contributed by atoms with Crippen LogP contribution >= 0.6 is 0 Å². The van der Waals surface area contributed by atoms with E-state index in [-0.39, 0.29) is 35.2 Å². The van der Waals surface area contributed by atoms with E-state index in [1.807, 2.05) is 20.8 Å². The Morgan fingerprint density at radius 2 is 2.11 bits per heavy atom. The highest BCUT2D eigenvalue weighted by molar-refractivity contribution is 6.03. The van der Waals surface area contributed by atoms with E-state index in [0.717, 1.165) is 6.42 Å². The Labute approximate surface area is 202 Å². The molecule has 10 nitrogen and oxygen atoms in total. The predicted octanol–water partition coefficient (Wildman–Crippen LogP) is 2.64. The molecule has 0 aliphatic carbocycles. The maximum atomic E-state index is 15.0. The first-order valence-electron chi connectivity index (χ1n) is 11.8. The number of likely N-dealkylation sites (N-methyl/N-ethyl adjacent to an activating group) is 1. The van der Waals surface area contributed by atoms with Gasteiger partial charge in [-0.25, -0.2) is 14.2 Å². The maximum absolute atomic E-state index is 15.0. The average Bonchev–Trinajstić information content (AvgIpc) is 3.44. The largest absolute Gasteiger partial charge is 0.469 e. The van der Waals surface area contributed by atoms with Crippen LogP contribution in [0.3, 0.4) is 0 Å². The van der Waals surface area contributed by atoms with E-state index in [4.69, 9.17) is 19.4 Å². The van der Waals surface area contributed by atoms with Gasteiger partial charge in [-0.1, -0.05) is 6.07 Å². The molecule has 2 unspecified atom stereocenters. The van der Waals surface area contributed by atoms with Gasteiger partial charge in [0, 0.05) is 25.7 Å². The van der Waals surface area contributed by atoms with Crippen molar-refractivity contribution in [2.45, 2.75) is 44.9 Å². The third-order valence-electron chi connectivity index (χ3n) is 6.57. The first-order chi connectivity index (χ1) is 16.7. The number of halogens is 1. The lowest BCUT2D eigenvalue weighted by Gasteiger charge is -2.29. The molecule has 5 rings (SSSR count). The van der Waals surface area contributed by atoms with E-state index < -0.39 is 17.4 Å². The van der Waals surface area contributed by atoms with Gasteiger partial charge >= 0.3 is 6.03 Å². The van der Waals surface area contributed by atoms with Gasteiger partial charge in [0.15, 0.2) is 0 Å². The Morgan fingerprint density at radius 1 is 1.31 bits per heavy atom. The van der Waals surface area contributed by atoms with Gasteiger partial charge in [-0.15, -0.1) is 0 Å². The molecular formula is C24H29FN6O4. The van der Waals surface area contributed by atoms with Crippen molar-refractivity contribution in [2.24, 2.45) is 0 Å². The number of morpholine rings is 1. The van der Waals surface area contributed by atoms with Gasteiger partial charge in [0.2, 0.25) is 11.8 Å². The Hall–Kier alpha value is -3.47. The van der Waals surface area contributed by atoms with Crippen molar-refractivity contribution in [1.29, 1.82) is 0 Å². The smallest absolute Gasteiger partial charge is 0.319 e. The number of nitrogens with zero attached hydrogens (tertiary/aromatic N) is 4. The monoisotopic (exact) mass is 484 g/mol. The molecule has 4 heterocycles. The third-order valence-corrected chi connectivity index (χ3v) is 6.57. The molecule has 3 aliphatic heterocycles. The van der Waals surface area contributed by atoms with E-state index >= 15 is 0 Å². The van der Waals surface area contributed by atoms with Gasteiger partial charge in [0.1, 0.15) is 17.0 Å². The summed E-state index contributed by atoms with van der Waals surface area (Å²) in [7, 11) is 1.45. The van der Waals surface area contributed by atoms with Crippen molar-refractivity contribution in [1.82, 2.24) is 20.2 Å². The molecule has 3 aliphatic rings. The summed E-state index contributed by atoms with van der Waals surface area (Å²) in [5, 5.41) is 4.83. The molecule has 0 spiro atoms. The number of hydrogen-bond acceptors (Lipinski definition) is 7. The van der Waals surface area contributed by atoms with Gasteiger partial charge in [0.25, 0.3) is 5.91 Å². The highest BCUT2D eigenvalue weighted by Gasteiger charge is 2.42. The predicted molar refractivity (Wildman–Crippen MR) is 127 cm³/mol. The average molecular weight is 485 g/mol. The number of nitrogens with one attached hydrogen (secondary N) is 2. The van der Waals surface area contributed by atoms with Crippen LogP contribution in [0.5, 0.6) is 5.88 Å². The molecule has 35 heavy (non-hydrogen) atoms. The van der Waals surface area contributed by atoms with E-state index in [2.05, 4.69) is 15.5 Å². The standard InChI is InChI=1S/C24H29FN6O4/c1-5-30-12-24(2,3)35-20-18(21(30)32)19(13-6-7-17(16(25)8-13)27-23(33)26-4)28-22(29-20)31-10-15-9-14(31)11-34-15/h6-8,14-15H,5,9-12H2,1-4H3,(H2,26,27,33). The van der Waals surface area contributed by atoms with Crippen LogP contribution in [0, 0.1) is 5.82 Å². The SMILES string of the molecule is CCN1CC(C)(C)Oc2nc(N3CC4CC3CO4)nc(-c3ccc(NC(=O)NC)c(F)c3)c2C1=O. The van der Waals surface area contributed by atoms with Crippen LogP contribution in [0.4, 0.5) is 20.8 Å². The Morgan fingerprint density at radius 3 is 2.74 bits per heavy atom. The summed E-state index contributed by atoms with van der Waals surface area (Å²) in [5.41, 5.74) is 0.215. The second-order valence-electron chi connectivity index (χ2n) is 9.63. The number of carbonyl (C=O) groups is 2. The van der Waals surface area contributed by atoms with Crippen LogP contribution in [0.1, 0.15) is 37.6 Å². The molecule has 2 fully saturated rings. The topological polar surface area (TPSA) is 109 Å². The summed E-state index contributed by atoms with van der Waals surface area (Å²) >= 11 is 0. The van der Waals surface area contributed by atoms with Crippen molar-refractivity contribution in [3.05, 3.63) is 29.6 Å². The molecular weight excluding hydrogens is 455 g/mol. The molecule has 3 amide bonds.